The van der Waals surface area contributed by atoms with E-state index in [4.69, 9.17) is 0 Å². The zero-order valence-corrected chi connectivity index (χ0v) is 21.6. The van der Waals surface area contributed by atoms with Crippen molar-refractivity contribution in [3.63, 3.8) is 0 Å². The summed E-state index contributed by atoms with van der Waals surface area (Å²) in [6, 6.07) is 11.6. The van der Waals surface area contributed by atoms with Gasteiger partial charge in [-0.2, -0.15) is 6.08 Å². The molecule has 3 aromatic rings. The fourth-order valence-corrected chi connectivity index (χ4v) is 2.89. The molecule has 3 heteroatoms. The maximum atomic E-state index is 2.99. The summed E-state index contributed by atoms with van der Waals surface area (Å²) in [5, 5.41) is 5.53. The van der Waals surface area contributed by atoms with Crippen molar-refractivity contribution in [2.75, 3.05) is 0 Å². The average molecular weight is 491 g/mol. The van der Waals surface area contributed by atoms with Gasteiger partial charge in [0.05, 0.1) is 0 Å². The van der Waals surface area contributed by atoms with Crippen molar-refractivity contribution < 1.29 is 49.0 Å². The third kappa shape index (κ3) is 7.51. The summed E-state index contributed by atoms with van der Waals surface area (Å²) in [7, 11) is 0. The Hall–Kier alpha value is -0.877. The average Bonchev–Trinajstić information content (AvgIpc) is 3.21. The molecular weight excluding hydrogens is 462 g/mol. The van der Waals surface area contributed by atoms with Crippen LogP contribution in [0.3, 0.4) is 0 Å². The van der Waals surface area contributed by atoms with Gasteiger partial charge in [0.25, 0.3) is 0 Å². The molecule has 1 aliphatic carbocycles. The van der Waals surface area contributed by atoms with E-state index < -0.39 is 0 Å². The van der Waals surface area contributed by atoms with Gasteiger partial charge >= 0.3 is 41.3 Å². The molecule has 0 N–H and O–H groups in total. The van der Waals surface area contributed by atoms with Crippen LogP contribution in [-0.4, -0.2) is 3.21 Å². The molecule has 0 fully saturated rings. The second-order valence-corrected chi connectivity index (χ2v) is 9.65. The molecular formula is C25H28Cl2Zr-2. The molecule has 0 nitrogen and oxygen atoms in total. The largest absolute Gasteiger partial charge is 1.00 e. The van der Waals surface area contributed by atoms with Gasteiger partial charge in [0.1, 0.15) is 0 Å². The van der Waals surface area contributed by atoms with E-state index in [9.17, 15) is 0 Å². The molecule has 0 amide bonds. The molecule has 0 bridgehead atoms. The van der Waals surface area contributed by atoms with Gasteiger partial charge in [-0.25, -0.2) is 12.2 Å². The van der Waals surface area contributed by atoms with Crippen LogP contribution >= 0.6 is 0 Å². The number of allylic oxidation sites excluding steroid dienone is 4. The molecule has 0 heterocycles. The van der Waals surface area contributed by atoms with Gasteiger partial charge in [-0.05, 0) is 27.7 Å². The number of hydrogen-bond acceptors (Lipinski definition) is 0. The molecule has 28 heavy (non-hydrogen) atoms. The Morgan fingerprint density at radius 3 is 1.50 bits per heavy atom. The molecule has 0 saturated heterocycles. The molecule has 0 aliphatic heterocycles. The van der Waals surface area contributed by atoms with Gasteiger partial charge in [0.2, 0.25) is 0 Å². The number of benzene rings is 2. The van der Waals surface area contributed by atoms with Gasteiger partial charge in [0.15, 0.2) is 0 Å². The quantitative estimate of drug-likeness (QED) is 0.413. The minimum absolute atomic E-state index is 0. The van der Waals surface area contributed by atoms with E-state index in [-0.39, 0.29) is 24.8 Å². The van der Waals surface area contributed by atoms with Crippen LogP contribution < -0.4 is 24.8 Å². The molecule has 148 valence electrons. The Balaban J connectivity index is 0.000000559. The molecule has 4 rings (SSSR count). The summed E-state index contributed by atoms with van der Waals surface area (Å²) < 4.78 is 1.51. The van der Waals surface area contributed by atoms with Crippen molar-refractivity contribution in [2.45, 2.75) is 48.0 Å². The van der Waals surface area contributed by atoms with Crippen molar-refractivity contribution in [1.82, 2.24) is 0 Å². The van der Waals surface area contributed by atoms with Crippen LogP contribution in [0.4, 0.5) is 0 Å². The van der Waals surface area contributed by atoms with Crippen LogP contribution in [0.1, 0.15) is 42.5 Å². The molecule has 0 spiro atoms. The first-order valence-corrected chi connectivity index (χ1v) is 10.3. The topological polar surface area (TPSA) is 0 Å². The first kappa shape index (κ1) is 27.1. The second kappa shape index (κ2) is 12.6. The molecule has 3 aromatic carbocycles. The van der Waals surface area contributed by atoms with Crippen LogP contribution in [0.5, 0.6) is 0 Å². The minimum atomic E-state index is 0. The molecule has 0 atom stereocenters. The molecule has 0 radical (unpaired) electrons. The van der Waals surface area contributed by atoms with Crippen LogP contribution in [0, 0.1) is 33.8 Å². The van der Waals surface area contributed by atoms with Gasteiger partial charge in [0, 0.05) is 0 Å². The van der Waals surface area contributed by atoms with Crippen molar-refractivity contribution in [1.29, 1.82) is 0 Å². The van der Waals surface area contributed by atoms with Gasteiger partial charge < -0.3 is 24.8 Å². The summed E-state index contributed by atoms with van der Waals surface area (Å²) in [5.74, 6) is 0. The fraction of sp³-hybridized carbons (Fsp3) is 0.280. The summed E-state index contributed by atoms with van der Waals surface area (Å²) in [4.78, 5) is 0. The monoisotopic (exact) mass is 488 g/mol. The number of halogens is 2. The van der Waals surface area contributed by atoms with Gasteiger partial charge in [-0.3, -0.25) is 6.08 Å². The number of hydrogen-bond donors (Lipinski definition) is 0. The Bertz CT molecular complexity index is 915. The van der Waals surface area contributed by atoms with Crippen LogP contribution in [0.25, 0.3) is 21.5 Å². The van der Waals surface area contributed by atoms with E-state index in [0.717, 1.165) is 6.42 Å². The predicted octanol–water partition coefficient (Wildman–Crippen LogP) is 1.00. The van der Waals surface area contributed by atoms with Gasteiger partial charge in [-0.1, -0.05) is 34.4 Å². The van der Waals surface area contributed by atoms with E-state index in [1.807, 2.05) is 12.2 Å². The Labute approximate surface area is 197 Å². The molecule has 0 aromatic heterocycles. The summed E-state index contributed by atoms with van der Waals surface area (Å²) >= 11 is 1.55. The van der Waals surface area contributed by atoms with Crippen LogP contribution in [0.2, 0.25) is 0 Å². The summed E-state index contributed by atoms with van der Waals surface area (Å²) in [6.45, 7) is 13.0. The van der Waals surface area contributed by atoms with Crippen molar-refractivity contribution in [2.24, 2.45) is 0 Å². The van der Waals surface area contributed by atoms with E-state index in [0.29, 0.717) is 0 Å². The van der Waals surface area contributed by atoms with Gasteiger partial charge in [-0.15, -0.1) is 46.2 Å². The minimum Gasteiger partial charge on any atom is -1.00 e. The fourth-order valence-electron chi connectivity index (χ4n) is 2.89. The van der Waals surface area contributed by atoms with Crippen LogP contribution in [-0.2, 0) is 24.2 Å². The maximum Gasteiger partial charge on any atom is -0.0408 e. The van der Waals surface area contributed by atoms with E-state index in [1.54, 1.807) is 24.2 Å². The first-order chi connectivity index (χ1) is 12.3. The first-order valence-electron chi connectivity index (χ1n) is 9.10. The van der Waals surface area contributed by atoms with E-state index in [1.165, 1.54) is 47.0 Å². The zero-order chi connectivity index (χ0) is 19.3. The van der Waals surface area contributed by atoms with Crippen molar-refractivity contribution in [3.05, 3.63) is 76.9 Å². The Kier molecular flexibility index (Phi) is 12.2. The van der Waals surface area contributed by atoms with Crippen LogP contribution in [0.15, 0.2) is 48.6 Å². The smallest absolute Gasteiger partial charge is 0.0408 e. The number of rotatable bonds is 0. The van der Waals surface area contributed by atoms with Crippen molar-refractivity contribution in [3.8, 4) is 0 Å². The van der Waals surface area contributed by atoms with Crippen molar-refractivity contribution >= 4 is 24.8 Å². The molecule has 0 unspecified atom stereocenters. The zero-order valence-electron chi connectivity index (χ0n) is 17.6. The third-order valence-corrected chi connectivity index (χ3v) is 4.52. The SMILES string of the molecule is C[C](C)=[Zr+2].Cc1cc2[cH-]c3cc(C)c(C)cc3c2cc1C.[C-]1=CC=CC1.[Cl-].[Cl-]. The number of fused-ring (bicyclic) bond motifs is 3. The standard InChI is InChI=1S/C17H17.C5H5.C3H6.2ClH.Zr/c1-10-5-14-9-15-6-11(2)13(4)8-17(15)16(14)7-12(10)3;1-2-4-5-3-1;1-3-2;;;/h5-9H,1-4H3;1-3H,4H2;1-2H3;2*1H;/q2*-1;;;;+2/p-2. The Morgan fingerprint density at radius 1 is 0.821 bits per heavy atom. The third-order valence-electron chi connectivity index (χ3n) is 4.52. The maximum absolute atomic E-state index is 2.99. The molecule has 0 saturated carbocycles. The normalized spacial score (nSPS) is 11.1. The summed E-state index contributed by atoms with van der Waals surface area (Å²) in [5.41, 5.74) is 5.51. The summed E-state index contributed by atoms with van der Waals surface area (Å²) in [6.07, 6.45) is 10.0. The Morgan fingerprint density at radius 2 is 1.21 bits per heavy atom. The van der Waals surface area contributed by atoms with E-state index in [2.05, 4.69) is 84.0 Å². The van der Waals surface area contributed by atoms with E-state index >= 15 is 0 Å². The molecule has 1 aliphatic rings. The predicted molar refractivity (Wildman–Crippen MR) is 114 cm³/mol. The number of aryl methyl sites for hydroxylation is 4. The second-order valence-electron chi connectivity index (χ2n) is 7.19.